The second-order valence-corrected chi connectivity index (χ2v) is 4.19. The molecular formula is C16H17NO2. The minimum Gasteiger partial charge on any atom is -0.411 e. The van der Waals surface area contributed by atoms with Gasteiger partial charge in [-0.2, -0.15) is 0 Å². The largest absolute Gasteiger partial charge is 0.411 e. The van der Waals surface area contributed by atoms with Crippen molar-refractivity contribution in [2.24, 2.45) is 5.16 Å². The summed E-state index contributed by atoms with van der Waals surface area (Å²) in [6, 6.07) is 15.2. The molecule has 0 saturated carbocycles. The van der Waals surface area contributed by atoms with Crippen LogP contribution in [0.1, 0.15) is 27.0 Å². The molecule has 3 nitrogen and oxygen atoms in total. The molecule has 0 amide bonds. The molecule has 2 aromatic rings. The van der Waals surface area contributed by atoms with Crippen LogP contribution < -0.4 is 0 Å². The van der Waals surface area contributed by atoms with E-state index in [0.717, 1.165) is 28.5 Å². The predicted molar refractivity (Wildman–Crippen MR) is 77.1 cm³/mol. The van der Waals surface area contributed by atoms with Crippen LogP contribution in [-0.4, -0.2) is 17.7 Å². The smallest absolute Gasteiger partial charge is 0.150 e. The lowest BCUT2D eigenvalue weighted by atomic mass is 10.2. The number of hydrogen-bond donors (Lipinski definition) is 1. The molecule has 1 N–H and O–H groups in total. The fraction of sp³-hybridized carbons (Fsp3) is 0.125. The van der Waals surface area contributed by atoms with Gasteiger partial charge in [-0.3, -0.25) is 4.79 Å². The summed E-state index contributed by atoms with van der Waals surface area (Å²) in [6.07, 6.45) is 2.26. The van der Waals surface area contributed by atoms with E-state index in [1.165, 1.54) is 6.21 Å². The summed E-state index contributed by atoms with van der Waals surface area (Å²) >= 11 is 0. The molecule has 0 saturated heterocycles. The molecule has 2 aromatic carbocycles. The van der Waals surface area contributed by atoms with E-state index in [1.54, 1.807) is 6.07 Å². The van der Waals surface area contributed by atoms with Crippen LogP contribution >= 0.6 is 0 Å². The zero-order valence-electron chi connectivity index (χ0n) is 11.1. The van der Waals surface area contributed by atoms with Gasteiger partial charge in [-0.25, -0.2) is 0 Å². The molecule has 0 unspecified atom stereocenters. The number of benzene rings is 2. The quantitative estimate of drug-likeness (QED) is 0.386. The average Bonchev–Trinajstić information content (AvgIpc) is 2.40. The lowest BCUT2D eigenvalue weighted by Gasteiger charge is -1.91. The van der Waals surface area contributed by atoms with E-state index in [-0.39, 0.29) is 0 Å². The van der Waals surface area contributed by atoms with Gasteiger partial charge in [-0.15, -0.1) is 0 Å². The third kappa shape index (κ3) is 5.64. The maximum atomic E-state index is 10.2. The summed E-state index contributed by atoms with van der Waals surface area (Å²) in [4.78, 5) is 10.2. The van der Waals surface area contributed by atoms with Crippen molar-refractivity contribution in [3.05, 3.63) is 70.8 Å². The highest BCUT2D eigenvalue weighted by atomic mass is 16.4. The van der Waals surface area contributed by atoms with E-state index >= 15 is 0 Å². The Labute approximate surface area is 113 Å². The van der Waals surface area contributed by atoms with Gasteiger partial charge in [-0.1, -0.05) is 58.7 Å². The summed E-state index contributed by atoms with van der Waals surface area (Å²) in [5.74, 6) is 0. The summed E-state index contributed by atoms with van der Waals surface area (Å²) in [6.45, 7) is 3.96. The number of oxime groups is 1. The minimum atomic E-state index is 0.745. The Balaban J connectivity index is 0.000000191. The van der Waals surface area contributed by atoms with Crippen molar-refractivity contribution in [3.8, 4) is 0 Å². The van der Waals surface area contributed by atoms with Crippen LogP contribution in [0.25, 0.3) is 0 Å². The van der Waals surface area contributed by atoms with Gasteiger partial charge in [0.2, 0.25) is 0 Å². The molecule has 0 aliphatic rings. The lowest BCUT2D eigenvalue weighted by molar-refractivity contribution is 0.112. The Morgan fingerprint density at radius 2 is 1.47 bits per heavy atom. The van der Waals surface area contributed by atoms with Crippen LogP contribution in [0.15, 0.2) is 53.7 Å². The van der Waals surface area contributed by atoms with Crippen molar-refractivity contribution in [2.45, 2.75) is 13.8 Å². The van der Waals surface area contributed by atoms with Crippen LogP contribution in [-0.2, 0) is 0 Å². The second kappa shape index (κ2) is 7.82. The SMILES string of the molecule is Cc1cccc(/C=N/O)c1.Cc1cccc(C=O)c1. The van der Waals surface area contributed by atoms with E-state index in [2.05, 4.69) is 5.16 Å². The molecule has 3 heteroatoms. The first kappa shape index (κ1) is 14.6. The second-order valence-electron chi connectivity index (χ2n) is 4.19. The van der Waals surface area contributed by atoms with Gasteiger partial charge in [0.05, 0.1) is 6.21 Å². The number of aldehydes is 1. The zero-order chi connectivity index (χ0) is 14.1. The van der Waals surface area contributed by atoms with Crippen LogP contribution in [0.4, 0.5) is 0 Å². The molecule has 0 atom stereocenters. The lowest BCUT2D eigenvalue weighted by Crippen LogP contribution is -1.80. The molecule has 0 heterocycles. The third-order valence-corrected chi connectivity index (χ3v) is 2.43. The molecule has 0 bridgehead atoms. The Bertz CT molecular complexity index is 562. The van der Waals surface area contributed by atoms with Crippen LogP contribution in [0.5, 0.6) is 0 Å². The van der Waals surface area contributed by atoms with Crippen LogP contribution in [0.3, 0.4) is 0 Å². The normalized spacial score (nSPS) is 9.79. The molecule has 0 fully saturated rings. The van der Waals surface area contributed by atoms with Crippen molar-refractivity contribution in [2.75, 3.05) is 0 Å². The molecular weight excluding hydrogens is 238 g/mol. The monoisotopic (exact) mass is 255 g/mol. The van der Waals surface area contributed by atoms with Crippen molar-refractivity contribution in [1.29, 1.82) is 0 Å². The first-order valence-electron chi connectivity index (χ1n) is 5.91. The highest BCUT2D eigenvalue weighted by Gasteiger charge is 1.86. The molecule has 0 spiro atoms. The van der Waals surface area contributed by atoms with Crippen molar-refractivity contribution < 1.29 is 10.0 Å². The standard InChI is InChI=1S/C8H9NO.C8H8O/c1-7-3-2-4-8(5-7)6-9-10;1-7-3-2-4-8(5-7)6-9/h2-6,10H,1H3;2-6H,1H3/b9-6+;. The average molecular weight is 255 g/mol. The number of aryl methyl sites for hydroxylation is 2. The van der Waals surface area contributed by atoms with Gasteiger partial charge in [0.25, 0.3) is 0 Å². The van der Waals surface area contributed by atoms with E-state index in [4.69, 9.17) is 5.21 Å². The molecule has 0 radical (unpaired) electrons. The van der Waals surface area contributed by atoms with Crippen molar-refractivity contribution >= 4 is 12.5 Å². The van der Waals surface area contributed by atoms with Gasteiger partial charge in [0, 0.05) is 5.56 Å². The number of nitrogens with zero attached hydrogens (tertiary/aromatic N) is 1. The highest BCUT2D eigenvalue weighted by Crippen LogP contribution is 2.00. The number of carbonyl (C=O) groups is 1. The molecule has 0 aliphatic carbocycles. The Kier molecular flexibility index (Phi) is 6.03. The number of hydrogen-bond acceptors (Lipinski definition) is 3. The fourth-order valence-electron chi connectivity index (χ4n) is 1.56. The predicted octanol–water partition coefficient (Wildman–Crippen LogP) is 3.61. The van der Waals surface area contributed by atoms with Gasteiger partial charge < -0.3 is 5.21 Å². The Morgan fingerprint density at radius 1 is 0.947 bits per heavy atom. The molecule has 0 aromatic heterocycles. The van der Waals surface area contributed by atoms with Gasteiger partial charge >= 0.3 is 0 Å². The highest BCUT2D eigenvalue weighted by molar-refractivity contribution is 5.79. The Hall–Kier alpha value is -2.42. The van der Waals surface area contributed by atoms with E-state index in [9.17, 15) is 4.79 Å². The summed E-state index contributed by atoms with van der Waals surface area (Å²) in [5.41, 5.74) is 3.95. The van der Waals surface area contributed by atoms with Gasteiger partial charge in [0.1, 0.15) is 6.29 Å². The van der Waals surface area contributed by atoms with Gasteiger partial charge in [-0.05, 0) is 25.5 Å². The maximum Gasteiger partial charge on any atom is 0.150 e. The number of carbonyl (C=O) groups excluding carboxylic acids is 1. The first-order chi connectivity index (χ1) is 9.15. The zero-order valence-corrected chi connectivity index (χ0v) is 11.1. The topological polar surface area (TPSA) is 49.7 Å². The molecule has 19 heavy (non-hydrogen) atoms. The first-order valence-corrected chi connectivity index (χ1v) is 5.91. The fourth-order valence-corrected chi connectivity index (χ4v) is 1.56. The summed E-state index contributed by atoms with van der Waals surface area (Å²) < 4.78 is 0. The molecule has 98 valence electrons. The Morgan fingerprint density at radius 3 is 1.89 bits per heavy atom. The van der Waals surface area contributed by atoms with Crippen molar-refractivity contribution in [1.82, 2.24) is 0 Å². The molecule has 2 rings (SSSR count). The van der Waals surface area contributed by atoms with E-state index < -0.39 is 0 Å². The van der Waals surface area contributed by atoms with E-state index in [0.29, 0.717) is 0 Å². The minimum absolute atomic E-state index is 0.745. The maximum absolute atomic E-state index is 10.2. The third-order valence-electron chi connectivity index (χ3n) is 2.43. The van der Waals surface area contributed by atoms with Crippen LogP contribution in [0.2, 0.25) is 0 Å². The van der Waals surface area contributed by atoms with Gasteiger partial charge in [0.15, 0.2) is 0 Å². The summed E-state index contributed by atoms with van der Waals surface area (Å²) in [5, 5.41) is 11.1. The summed E-state index contributed by atoms with van der Waals surface area (Å²) in [7, 11) is 0. The molecule has 0 aliphatic heterocycles. The number of rotatable bonds is 2. The van der Waals surface area contributed by atoms with Crippen LogP contribution in [0, 0.1) is 13.8 Å². The van der Waals surface area contributed by atoms with Crippen molar-refractivity contribution in [3.63, 3.8) is 0 Å². The van der Waals surface area contributed by atoms with E-state index in [1.807, 2.05) is 56.3 Å².